The van der Waals surface area contributed by atoms with Crippen LogP contribution in [-0.4, -0.2) is 19.9 Å². The summed E-state index contributed by atoms with van der Waals surface area (Å²) in [6, 6.07) is 7.40. The number of hydrogen-bond donors (Lipinski definition) is 1. The first kappa shape index (κ1) is 17.3. The molecule has 0 fully saturated rings. The topological polar surface area (TPSA) is 69.6 Å². The Morgan fingerprint density at radius 2 is 2.08 bits per heavy atom. The van der Waals surface area contributed by atoms with Crippen molar-refractivity contribution in [2.75, 3.05) is 5.84 Å². The van der Waals surface area contributed by atoms with Crippen molar-refractivity contribution in [3.8, 4) is 11.4 Å². The van der Waals surface area contributed by atoms with Gasteiger partial charge in [0.15, 0.2) is 5.82 Å². The minimum atomic E-state index is 0.0707. The lowest BCUT2D eigenvalue weighted by Crippen LogP contribution is -2.12. The number of halogens is 1. The summed E-state index contributed by atoms with van der Waals surface area (Å²) < 4.78 is 1.49. The molecule has 0 spiro atoms. The van der Waals surface area contributed by atoms with Crippen molar-refractivity contribution >= 4 is 34.7 Å². The second kappa shape index (κ2) is 6.74. The fraction of sp³-hybridized carbons (Fsp3) is 0.312. The third-order valence-corrected chi connectivity index (χ3v) is 5.82. The highest BCUT2D eigenvalue weighted by atomic mass is 35.5. The van der Waals surface area contributed by atoms with Crippen molar-refractivity contribution in [2.24, 2.45) is 0 Å². The second-order valence-electron chi connectivity index (χ2n) is 6.37. The van der Waals surface area contributed by atoms with Crippen LogP contribution in [0, 0.1) is 0 Å². The third-order valence-electron chi connectivity index (χ3n) is 3.29. The van der Waals surface area contributed by atoms with Crippen LogP contribution < -0.4 is 5.84 Å². The van der Waals surface area contributed by atoms with E-state index in [2.05, 4.69) is 41.3 Å². The summed E-state index contributed by atoms with van der Waals surface area (Å²) in [5, 5.41) is 12.9. The maximum Gasteiger partial charge on any atom is 0.210 e. The van der Waals surface area contributed by atoms with E-state index in [1.54, 1.807) is 11.3 Å². The zero-order chi connectivity index (χ0) is 17.3. The van der Waals surface area contributed by atoms with Crippen LogP contribution in [0.1, 0.15) is 31.5 Å². The van der Waals surface area contributed by atoms with Gasteiger partial charge in [0.05, 0.1) is 10.7 Å². The molecule has 0 aliphatic carbocycles. The first-order valence-electron chi connectivity index (χ1n) is 7.39. The van der Waals surface area contributed by atoms with Crippen molar-refractivity contribution in [3.05, 3.63) is 45.4 Å². The lowest BCUT2D eigenvalue weighted by Gasteiger charge is -2.13. The molecule has 0 amide bonds. The summed E-state index contributed by atoms with van der Waals surface area (Å²) in [7, 11) is 0. The van der Waals surface area contributed by atoms with Gasteiger partial charge in [0.2, 0.25) is 5.16 Å². The van der Waals surface area contributed by atoms with Crippen molar-refractivity contribution in [2.45, 2.75) is 37.1 Å². The SMILES string of the molecule is CC(C)(C)c1nc(CSc2nnc(-c3cccc(Cl)c3)n2N)cs1. The van der Waals surface area contributed by atoms with Crippen molar-refractivity contribution < 1.29 is 0 Å². The van der Waals surface area contributed by atoms with Crippen LogP contribution in [0.2, 0.25) is 5.02 Å². The summed E-state index contributed by atoms with van der Waals surface area (Å²) in [6.07, 6.45) is 0. The Bertz CT molecular complexity index is 850. The molecule has 3 aromatic rings. The minimum Gasteiger partial charge on any atom is -0.335 e. The van der Waals surface area contributed by atoms with Crippen LogP contribution >= 0.6 is 34.7 Å². The Balaban J connectivity index is 1.74. The molecule has 8 heteroatoms. The van der Waals surface area contributed by atoms with Gasteiger partial charge in [0.25, 0.3) is 0 Å². The van der Waals surface area contributed by atoms with E-state index in [0.29, 0.717) is 21.8 Å². The Morgan fingerprint density at radius 1 is 1.29 bits per heavy atom. The van der Waals surface area contributed by atoms with Gasteiger partial charge >= 0.3 is 0 Å². The molecule has 0 saturated carbocycles. The van der Waals surface area contributed by atoms with Crippen molar-refractivity contribution in [1.82, 2.24) is 19.9 Å². The lowest BCUT2D eigenvalue weighted by molar-refractivity contribution is 0.584. The van der Waals surface area contributed by atoms with Gasteiger partial charge in [-0.25, -0.2) is 9.66 Å². The average molecular weight is 380 g/mol. The van der Waals surface area contributed by atoms with E-state index in [1.165, 1.54) is 16.4 Å². The van der Waals surface area contributed by atoms with Gasteiger partial charge in [-0.3, -0.25) is 0 Å². The first-order valence-corrected chi connectivity index (χ1v) is 9.63. The maximum absolute atomic E-state index is 6.13. The summed E-state index contributed by atoms with van der Waals surface area (Å²) >= 11 is 9.23. The third kappa shape index (κ3) is 3.74. The lowest BCUT2D eigenvalue weighted by atomic mass is 9.98. The Morgan fingerprint density at radius 3 is 2.75 bits per heavy atom. The molecule has 0 aliphatic rings. The number of rotatable bonds is 4. The quantitative estimate of drug-likeness (QED) is 0.538. The molecule has 0 saturated heterocycles. The number of nitrogen functional groups attached to an aromatic ring is 1. The normalized spacial score (nSPS) is 11.8. The Kier molecular flexibility index (Phi) is 4.85. The standard InChI is InChI=1S/C16H18ClN5S2/c1-16(2,3)14-19-12(8-23-14)9-24-15-21-20-13(22(15)18)10-5-4-6-11(17)7-10/h4-8H,9,18H2,1-3H3. The predicted molar refractivity (Wildman–Crippen MR) is 101 cm³/mol. The average Bonchev–Trinajstić information content (AvgIpc) is 3.12. The first-order chi connectivity index (χ1) is 11.3. The molecule has 2 heterocycles. The molecular weight excluding hydrogens is 362 g/mol. The molecule has 0 unspecified atom stereocenters. The summed E-state index contributed by atoms with van der Waals surface area (Å²) in [4.78, 5) is 4.68. The molecule has 0 radical (unpaired) electrons. The number of hydrogen-bond acceptors (Lipinski definition) is 6. The van der Waals surface area contributed by atoms with Crippen LogP contribution in [0.5, 0.6) is 0 Å². The summed E-state index contributed by atoms with van der Waals surface area (Å²) in [5.41, 5.74) is 1.94. The van der Waals surface area contributed by atoms with Gasteiger partial charge in [-0.15, -0.1) is 21.5 Å². The fourth-order valence-corrected chi connectivity index (χ4v) is 4.01. The monoisotopic (exact) mass is 379 g/mol. The number of thioether (sulfide) groups is 1. The van der Waals surface area contributed by atoms with Crippen LogP contribution in [0.3, 0.4) is 0 Å². The molecule has 0 atom stereocenters. The van der Waals surface area contributed by atoms with Gasteiger partial charge in [-0.05, 0) is 12.1 Å². The van der Waals surface area contributed by atoms with E-state index in [-0.39, 0.29) is 5.41 Å². The minimum absolute atomic E-state index is 0.0707. The van der Waals surface area contributed by atoms with Gasteiger partial charge < -0.3 is 5.84 Å². The zero-order valence-corrected chi connectivity index (χ0v) is 16.0. The van der Waals surface area contributed by atoms with E-state index >= 15 is 0 Å². The van der Waals surface area contributed by atoms with Gasteiger partial charge in [0.1, 0.15) is 0 Å². The number of thiazole rings is 1. The molecule has 126 valence electrons. The second-order valence-corrected chi connectivity index (χ2v) is 8.61. The van der Waals surface area contributed by atoms with Gasteiger partial charge in [0, 0.05) is 27.1 Å². The predicted octanol–water partition coefficient (Wildman–Crippen LogP) is 4.36. The molecule has 24 heavy (non-hydrogen) atoms. The fourth-order valence-electron chi connectivity index (χ4n) is 2.06. The number of nitrogens with two attached hydrogens (primary N) is 1. The largest absolute Gasteiger partial charge is 0.335 e. The maximum atomic E-state index is 6.13. The molecule has 5 nitrogen and oxygen atoms in total. The van der Waals surface area contributed by atoms with Crippen LogP contribution in [0.15, 0.2) is 34.8 Å². The van der Waals surface area contributed by atoms with Crippen molar-refractivity contribution in [1.29, 1.82) is 0 Å². The Hall–Kier alpha value is -1.57. The number of benzene rings is 1. The molecular formula is C16H18ClN5S2. The summed E-state index contributed by atoms with van der Waals surface area (Å²) in [5.74, 6) is 7.43. The van der Waals surface area contributed by atoms with Crippen LogP contribution in [-0.2, 0) is 11.2 Å². The highest BCUT2D eigenvalue weighted by molar-refractivity contribution is 7.98. The number of nitrogens with zero attached hydrogens (tertiary/aromatic N) is 4. The smallest absolute Gasteiger partial charge is 0.210 e. The van der Waals surface area contributed by atoms with E-state index in [9.17, 15) is 0 Å². The van der Waals surface area contributed by atoms with Crippen molar-refractivity contribution in [3.63, 3.8) is 0 Å². The van der Waals surface area contributed by atoms with Crippen LogP contribution in [0.4, 0.5) is 0 Å². The van der Waals surface area contributed by atoms with E-state index in [1.807, 2.05) is 24.3 Å². The molecule has 1 aromatic carbocycles. The highest BCUT2D eigenvalue weighted by Gasteiger charge is 2.18. The van der Waals surface area contributed by atoms with Gasteiger partial charge in [-0.2, -0.15) is 0 Å². The zero-order valence-electron chi connectivity index (χ0n) is 13.7. The number of aromatic nitrogens is 4. The molecule has 2 N–H and O–H groups in total. The van der Waals surface area contributed by atoms with E-state index < -0.39 is 0 Å². The summed E-state index contributed by atoms with van der Waals surface area (Å²) in [6.45, 7) is 6.49. The highest BCUT2D eigenvalue weighted by Crippen LogP contribution is 2.29. The molecule has 2 aromatic heterocycles. The van der Waals surface area contributed by atoms with E-state index in [0.717, 1.165) is 16.3 Å². The molecule has 3 rings (SSSR count). The Labute approximate surface area is 154 Å². The molecule has 0 aliphatic heterocycles. The van der Waals surface area contributed by atoms with Gasteiger partial charge in [-0.1, -0.05) is 56.3 Å². The van der Waals surface area contributed by atoms with E-state index in [4.69, 9.17) is 17.4 Å². The molecule has 0 bridgehead atoms. The van der Waals surface area contributed by atoms with Crippen LogP contribution in [0.25, 0.3) is 11.4 Å².